The highest BCUT2D eigenvalue weighted by molar-refractivity contribution is 6.00. The Morgan fingerprint density at radius 2 is 1.90 bits per heavy atom. The van der Waals surface area contributed by atoms with Crippen molar-refractivity contribution >= 4 is 5.91 Å². The predicted molar refractivity (Wildman–Crippen MR) is 113 cm³/mol. The van der Waals surface area contributed by atoms with Gasteiger partial charge < -0.3 is 10.1 Å². The number of nitrogens with one attached hydrogen (secondary N) is 1. The molecular weight excluding hydrogens is 364 g/mol. The molecule has 0 bridgehead atoms. The number of aryl methyl sites for hydroxylation is 1. The monoisotopic (exact) mass is 390 g/mol. The first-order valence-electron chi connectivity index (χ1n) is 10.0. The summed E-state index contributed by atoms with van der Waals surface area (Å²) in [6, 6.07) is 17.9. The molecule has 0 spiro atoms. The first kappa shape index (κ1) is 19.4. The summed E-state index contributed by atoms with van der Waals surface area (Å²) >= 11 is 0. The lowest BCUT2D eigenvalue weighted by Gasteiger charge is -2.26. The zero-order valence-electron chi connectivity index (χ0n) is 16.7. The molecule has 1 N–H and O–H groups in total. The topological polar surface area (TPSA) is 59.4 Å². The lowest BCUT2D eigenvalue weighted by molar-refractivity contribution is 0.0383. The van der Waals surface area contributed by atoms with E-state index in [9.17, 15) is 4.79 Å². The quantitative estimate of drug-likeness (QED) is 0.703. The number of hydrogen-bond acceptors (Lipinski definition) is 4. The number of amides is 1. The molecule has 29 heavy (non-hydrogen) atoms. The van der Waals surface area contributed by atoms with Crippen molar-refractivity contribution in [1.29, 1.82) is 0 Å². The first-order valence-corrected chi connectivity index (χ1v) is 10.0. The summed E-state index contributed by atoms with van der Waals surface area (Å²) in [5.74, 6) is -0.100. The first-order chi connectivity index (χ1) is 14.2. The standard InChI is InChI=1S/C23H26N4O2/c1-18-6-5-7-19(16-18)22-21(17-27(25-22)20-8-3-2-4-9-20)23(28)24-10-11-26-12-14-29-15-13-26/h2-9,16-17H,10-15H2,1H3,(H,24,28). The highest BCUT2D eigenvalue weighted by Gasteiger charge is 2.19. The SMILES string of the molecule is Cc1cccc(-c2nn(-c3ccccc3)cc2C(=O)NCCN2CCOCC2)c1. The molecule has 2 heterocycles. The minimum absolute atomic E-state index is 0.100. The fourth-order valence-corrected chi connectivity index (χ4v) is 3.51. The molecular formula is C23H26N4O2. The van der Waals surface area contributed by atoms with Gasteiger partial charge in [0.25, 0.3) is 5.91 Å². The average molecular weight is 390 g/mol. The van der Waals surface area contributed by atoms with Gasteiger partial charge in [0.05, 0.1) is 24.5 Å². The third-order valence-electron chi connectivity index (χ3n) is 5.09. The predicted octanol–water partition coefficient (Wildman–Crippen LogP) is 2.91. The van der Waals surface area contributed by atoms with E-state index in [1.54, 1.807) is 4.68 Å². The minimum Gasteiger partial charge on any atom is -0.379 e. The van der Waals surface area contributed by atoms with Crippen molar-refractivity contribution < 1.29 is 9.53 Å². The summed E-state index contributed by atoms with van der Waals surface area (Å²) in [7, 11) is 0. The van der Waals surface area contributed by atoms with Crippen LogP contribution in [0.4, 0.5) is 0 Å². The second-order valence-electron chi connectivity index (χ2n) is 7.25. The number of aromatic nitrogens is 2. The summed E-state index contributed by atoms with van der Waals surface area (Å²) in [5, 5.41) is 7.80. The number of ether oxygens (including phenoxy) is 1. The number of carbonyl (C=O) groups is 1. The van der Waals surface area contributed by atoms with Gasteiger partial charge in [-0.3, -0.25) is 9.69 Å². The van der Waals surface area contributed by atoms with Crippen LogP contribution in [0.5, 0.6) is 0 Å². The lowest BCUT2D eigenvalue weighted by atomic mass is 10.1. The van der Waals surface area contributed by atoms with E-state index in [1.807, 2.05) is 61.7 Å². The van der Waals surface area contributed by atoms with Crippen molar-refractivity contribution in [3.63, 3.8) is 0 Å². The lowest BCUT2D eigenvalue weighted by Crippen LogP contribution is -2.41. The van der Waals surface area contributed by atoms with E-state index >= 15 is 0 Å². The summed E-state index contributed by atoms with van der Waals surface area (Å²) in [5.41, 5.74) is 4.28. The third kappa shape index (κ3) is 4.72. The second-order valence-corrected chi connectivity index (χ2v) is 7.25. The number of nitrogens with zero attached hydrogens (tertiary/aromatic N) is 3. The Labute approximate surface area is 171 Å². The Morgan fingerprint density at radius 3 is 2.66 bits per heavy atom. The van der Waals surface area contributed by atoms with Gasteiger partial charge in [-0.15, -0.1) is 0 Å². The van der Waals surface area contributed by atoms with Crippen molar-refractivity contribution in [2.45, 2.75) is 6.92 Å². The van der Waals surface area contributed by atoms with Crippen LogP contribution in [0.2, 0.25) is 0 Å². The van der Waals surface area contributed by atoms with E-state index in [4.69, 9.17) is 9.84 Å². The van der Waals surface area contributed by atoms with E-state index in [0.717, 1.165) is 49.7 Å². The van der Waals surface area contributed by atoms with Gasteiger partial charge in [-0.25, -0.2) is 4.68 Å². The van der Waals surface area contributed by atoms with Crippen molar-refractivity contribution in [3.8, 4) is 16.9 Å². The third-order valence-corrected chi connectivity index (χ3v) is 5.09. The Kier molecular flexibility index (Phi) is 6.03. The smallest absolute Gasteiger partial charge is 0.255 e. The number of rotatable bonds is 6. The summed E-state index contributed by atoms with van der Waals surface area (Å²) < 4.78 is 7.15. The molecule has 1 aliphatic heterocycles. The number of hydrogen-bond donors (Lipinski definition) is 1. The van der Waals surface area contributed by atoms with Crippen LogP contribution >= 0.6 is 0 Å². The number of morpholine rings is 1. The van der Waals surface area contributed by atoms with E-state index < -0.39 is 0 Å². The summed E-state index contributed by atoms with van der Waals surface area (Å²) in [6.07, 6.45) is 1.82. The fraction of sp³-hybridized carbons (Fsp3) is 0.304. The molecule has 1 fully saturated rings. The van der Waals surface area contributed by atoms with Crippen LogP contribution in [0.1, 0.15) is 15.9 Å². The Balaban J connectivity index is 1.56. The van der Waals surface area contributed by atoms with Gasteiger partial charge >= 0.3 is 0 Å². The maximum atomic E-state index is 13.0. The van der Waals surface area contributed by atoms with Crippen molar-refractivity contribution in [3.05, 3.63) is 71.9 Å². The van der Waals surface area contributed by atoms with E-state index in [2.05, 4.69) is 16.3 Å². The normalized spacial score (nSPS) is 14.7. The van der Waals surface area contributed by atoms with Crippen LogP contribution < -0.4 is 5.32 Å². The molecule has 0 atom stereocenters. The van der Waals surface area contributed by atoms with Crippen LogP contribution in [0.25, 0.3) is 16.9 Å². The second kappa shape index (κ2) is 9.03. The van der Waals surface area contributed by atoms with Crippen LogP contribution in [0.15, 0.2) is 60.8 Å². The van der Waals surface area contributed by atoms with E-state index in [1.165, 1.54) is 0 Å². The maximum Gasteiger partial charge on any atom is 0.255 e. The van der Waals surface area contributed by atoms with Crippen molar-refractivity contribution in [2.24, 2.45) is 0 Å². The van der Waals surface area contributed by atoms with Gasteiger partial charge in [-0.1, -0.05) is 42.0 Å². The molecule has 2 aromatic carbocycles. The molecule has 1 aromatic heterocycles. The van der Waals surface area contributed by atoms with Gasteiger partial charge in [0.2, 0.25) is 0 Å². The van der Waals surface area contributed by atoms with Gasteiger partial charge in [-0.2, -0.15) is 5.10 Å². The average Bonchev–Trinajstić information content (AvgIpc) is 3.21. The zero-order valence-corrected chi connectivity index (χ0v) is 16.7. The summed E-state index contributed by atoms with van der Waals surface area (Å²) in [4.78, 5) is 15.3. The molecule has 1 amide bonds. The van der Waals surface area contributed by atoms with Crippen LogP contribution in [0, 0.1) is 6.92 Å². The number of carbonyl (C=O) groups excluding carboxylic acids is 1. The number of benzene rings is 2. The number of para-hydroxylation sites is 1. The molecule has 1 aliphatic rings. The molecule has 6 nitrogen and oxygen atoms in total. The largest absolute Gasteiger partial charge is 0.379 e. The molecule has 3 aromatic rings. The van der Waals surface area contributed by atoms with E-state index in [0.29, 0.717) is 17.8 Å². The molecule has 1 saturated heterocycles. The van der Waals surface area contributed by atoms with Gasteiger partial charge in [0.15, 0.2) is 0 Å². The van der Waals surface area contributed by atoms with Gasteiger partial charge in [-0.05, 0) is 25.1 Å². The van der Waals surface area contributed by atoms with Crippen molar-refractivity contribution in [2.75, 3.05) is 39.4 Å². The van der Waals surface area contributed by atoms with E-state index in [-0.39, 0.29) is 5.91 Å². The molecule has 0 radical (unpaired) electrons. The van der Waals surface area contributed by atoms with Crippen LogP contribution in [-0.2, 0) is 4.74 Å². The van der Waals surface area contributed by atoms with Gasteiger partial charge in [0.1, 0.15) is 5.69 Å². The molecule has 0 unspecified atom stereocenters. The Morgan fingerprint density at radius 1 is 1.10 bits per heavy atom. The molecule has 0 aliphatic carbocycles. The Bertz CT molecular complexity index is 962. The molecule has 4 rings (SSSR count). The Hall–Kier alpha value is -2.96. The fourth-order valence-electron chi connectivity index (χ4n) is 3.51. The minimum atomic E-state index is -0.100. The van der Waals surface area contributed by atoms with Crippen LogP contribution in [-0.4, -0.2) is 60.0 Å². The van der Waals surface area contributed by atoms with Crippen molar-refractivity contribution in [1.82, 2.24) is 20.0 Å². The molecule has 150 valence electrons. The van der Waals surface area contributed by atoms with Gasteiger partial charge in [0, 0.05) is 37.9 Å². The molecule has 6 heteroatoms. The summed E-state index contributed by atoms with van der Waals surface area (Å²) in [6.45, 7) is 6.81. The zero-order chi connectivity index (χ0) is 20.1. The molecule has 0 saturated carbocycles. The highest BCUT2D eigenvalue weighted by Crippen LogP contribution is 2.24. The highest BCUT2D eigenvalue weighted by atomic mass is 16.5. The van der Waals surface area contributed by atoms with Crippen LogP contribution in [0.3, 0.4) is 0 Å². The maximum absolute atomic E-state index is 13.0.